The molecule has 29 heavy (non-hydrogen) atoms. The Hall–Kier alpha value is -2.84. The van der Waals surface area contributed by atoms with Crippen LogP contribution in [0.25, 0.3) is 0 Å². The number of halogens is 3. The monoisotopic (exact) mass is 409 g/mol. The fraction of sp³-hybridized carbons (Fsp3) is 0.450. The third-order valence-electron chi connectivity index (χ3n) is 5.43. The van der Waals surface area contributed by atoms with E-state index in [1.54, 1.807) is 36.1 Å². The molecule has 0 bridgehead atoms. The molecule has 1 aromatic carbocycles. The number of benzene rings is 1. The largest absolute Gasteiger partial charge is 0.484 e. The van der Waals surface area contributed by atoms with Crippen molar-refractivity contribution in [2.75, 3.05) is 13.2 Å². The second-order valence-electron chi connectivity index (χ2n) is 7.50. The highest BCUT2D eigenvalue weighted by Gasteiger charge is 2.58. The van der Waals surface area contributed by atoms with Gasteiger partial charge in [-0.2, -0.15) is 13.2 Å². The van der Waals surface area contributed by atoms with Gasteiger partial charge in [0, 0.05) is 13.5 Å². The Bertz CT molecular complexity index is 897. The number of carbonyl (C=O) groups is 2. The van der Waals surface area contributed by atoms with Crippen LogP contribution in [0.2, 0.25) is 0 Å². The summed E-state index contributed by atoms with van der Waals surface area (Å²) in [4.78, 5) is 25.8. The summed E-state index contributed by atoms with van der Waals surface area (Å²) < 4.78 is 41.9. The predicted molar refractivity (Wildman–Crippen MR) is 99.5 cm³/mol. The summed E-state index contributed by atoms with van der Waals surface area (Å²) in [6, 6.07) is 4.45. The Balaban J connectivity index is 1.76. The van der Waals surface area contributed by atoms with E-state index in [9.17, 15) is 22.8 Å². The highest BCUT2D eigenvalue weighted by Crippen LogP contribution is 2.49. The van der Waals surface area contributed by atoms with Crippen molar-refractivity contribution >= 4 is 17.6 Å². The van der Waals surface area contributed by atoms with E-state index in [0.717, 1.165) is 5.56 Å². The van der Waals surface area contributed by atoms with Gasteiger partial charge in [0.25, 0.3) is 0 Å². The highest BCUT2D eigenvalue weighted by atomic mass is 19.4. The third kappa shape index (κ3) is 3.86. The summed E-state index contributed by atoms with van der Waals surface area (Å²) in [6.45, 7) is 3.66. The van der Waals surface area contributed by atoms with Crippen LogP contribution in [0.1, 0.15) is 31.0 Å². The molecule has 1 aliphatic carbocycles. The van der Waals surface area contributed by atoms with Gasteiger partial charge < -0.3 is 15.0 Å². The number of nitrogens with one attached hydrogen (secondary N) is 2. The lowest BCUT2D eigenvalue weighted by atomic mass is 9.68. The molecule has 0 aromatic heterocycles. The number of amides is 2. The average Bonchev–Trinajstić information content (AvgIpc) is 2.77. The number of hydrogen-bond acceptors (Lipinski definition) is 4. The fourth-order valence-corrected chi connectivity index (χ4v) is 3.79. The van der Waals surface area contributed by atoms with E-state index in [1.165, 1.54) is 13.0 Å². The van der Waals surface area contributed by atoms with Crippen molar-refractivity contribution in [1.29, 1.82) is 5.41 Å². The summed E-state index contributed by atoms with van der Waals surface area (Å²) in [5.41, 5.74) is 0.437. The zero-order valence-corrected chi connectivity index (χ0v) is 16.3. The van der Waals surface area contributed by atoms with Crippen LogP contribution in [0.4, 0.5) is 13.2 Å². The molecule has 3 rings (SSSR count). The van der Waals surface area contributed by atoms with E-state index in [0.29, 0.717) is 5.56 Å². The minimum Gasteiger partial charge on any atom is -0.484 e. The molecule has 2 unspecified atom stereocenters. The number of nitrogens with zero attached hydrogens (tertiary/aromatic N) is 1. The number of aryl methyl sites for hydroxylation is 1. The van der Waals surface area contributed by atoms with Crippen LogP contribution < -0.4 is 10.1 Å². The standard InChI is InChI=1S/C20H22F3N3O3/c1-11-8-14(4-5-16(11)29-10-20(21,22)23)12(2)26-9-19(18(24)25-13(3)27)7-6-15(19)17(26)28/h4-8,12,15H,9-10H2,1-3H3,(H2,24,25,27)/t12?,15?,19-/m0/s1. The first kappa shape index (κ1) is 20.9. The first-order valence-corrected chi connectivity index (χ1v) is 9.11. The van der Waals surface area contributed by atoms with Gasteiger partial charge in [0.05, 0.1) is 17.4 Å². The molecule has 1 aromatic rings. The molecule has 6 nitrogen and oxygen atoms in total. The number of fused-ring (bicyclic) bond motifs is 1. The van der Waals surface area contributed by atoms with E-state index in [2.05, 4.69) is 5.32 Å². The van der Waals surface area contributed by atoms with Gasteiger partial charge >= 0.3 is 6.18 Å². The van der Waals surface area contributed by atoms with Crippen LogP contribution >= 0.6 is 0 Å². The van der Waals surface area contributed by atoms with Crippen LogP contribution in [0, 0.1) is 23.7 Å². The second kappa shape index (κ2) is 7.20. The molecular weight excluding hydrogens is 387 g/mol. The highest BCUT2D eigenvalue weighted by molar-refractivity contribution is 6.06. The van der Waals surface area contributed by atoms with E-state index in [1.807, 2.05) is 6.92 Å². The Kier molecular flexibility index (Phi) is 5.19. The maximum atomic E-state index is 12.9. The van der Waals surface area contributed by atoms with Crippen LogP contribution in [0.3, 0.4) is 0 Å². The number of carbonyl (C=O) groups excluding carboxylic acids is 2. The SMILES string of the molecule is CC(=O)NC(=N)[C@]12C=CC1C(=O)N(C(C)c1ccc(OCC(F)(F)F)c(C)c1)C2. The summed E-state index contributed by atoms with van der Waals surface area (Å²) in [5, 5.41) is 10.7. The molecule has 156 valence electrons. The Morgan fingerprint density at radius 2 is 2.14 bits per heavy atom. The zero-order valence-electron chi connectivity index (χ0n) is 16.3. The summed E-state index contributed by atoms with van der Waals surface area (Å²) in [5.74, 6) is -0.887. The topological polar surface area (TPSA) is 82.5 Å². The predicted octanol–water partition coefficient (Wildman–Crippen LogP) is 3.13. The average molecular weight is 409 g/mol. The molecule has 3 atom stereocenters. The van der Waals surface area contributed by atoms with Crippen LogP contribution in [-0.4, -0.2) is 41.9 Å². The first-order chi connectivity index (χ1) is 13.4. The van der Waals surface area contributed by atoms with Crippen LogP contribution in [0.5, 0.6) is 5.75 Å². The van der Waals surface area contributed by atoms with E-state index in [4.69, 9.17) is 10.1 Å². The Morgan fingerprint density at radius 1 is 1.45 bits per heavy atom. The quantitative estimate of drug-likeness (QED) is 0.445. The minimum absolute atomic E-state index is 0.00682. The zero-order chi connectivity index (χ0) is 21.6. The maximum absolute atomic E-state index is 12.9. The maximum Gasteiger partial charge on any atom is 0.422 e. The molecule has 0 radical (unpaired) electrons. The molecule has 2 amide bonds. The van der Waals surface area contributed by atoms with Gasteiger partial charge in [0.2, 0.25) is 11.8 Å². The number of amidine groups is 1. The molecule has 1 fully saturated rings. The summed E-state index contributed by atoms with van der Waals surface area (Å²) in [6.07, 6.45) is -0.927. The Labute approximate surface area is 166 Å². The normalized spacial score (nSPS) is 24.0. The minimum atomic E-state index is -4.42. The smallest absolute Gasteiger partial charge is 0.422 e. The van der Waals surface area contributed by atoms with Crippen LogP contribution in [0.15, 0.2) is 30.4 Å². The van der Waals surface area contributed by atoms with Gasteiger partial charge in [-0.25, -0.2) is 0 Å². The number of alkyl halides is 3. The lowest BCUT2D eigenvalue weighted by molar-refractivity contribution is -0.153. The molecule has 0 saturated carbocycles. The van der Waals surface area contributed by atoms with Crippen molar-refractivity contribution in [2.24, 2.45) is 11.3 Å². The van der Waals surface area contributed by atoms with Crippen molar-refractivity contribution in [3.63, 3.8) is 0 Å². The van der Waals surface area contributed by atoms with E-state index in [-0.39, 0.29) is 36.0 Å². The molecule has 2 aliphatic rings. The lowest BCUT2D eigenvalue weighted by Gasteiger charge is -2.36. The fourth-order valence-electron chi connectivity index (χ4n) is 3.79. The van der Waals surface area contributed by atoms with E-state index < -0.39 is 24.1 Å². The first-order valence-electron chi connectivity index (χ1n) is 9.11. The van der Waals surface area contributed by atoms with Gasteiger partial charge in [-0.1, -0.05) is 24.3 Å². The molecule has 1 aliphatic heterocycles. The van der Waals surface area contributed by atoms with Gasteiger partial charge in [-0.3, -0.25) is 15.0 Å². The molecular formula is C20H22F3N3O3. The number of ether oxygens (including phenoxy) is 1. The van der Waals surface area contributed by atoms with Crippen molar-refractivity contribution in [3.05, 3.63) is 41.5 Å². The number of likely N-dealkylation sites (tertiary alicyclic amines) is 1. The molecule has 1 saturated heterocycles. The van der Waals surface area contributed by atoms with Gasteiger partial charge in [0.15, 0.2) is 6.61 Å². The van der Waals surface area contributed by atoms with Crippen molar-refractivity contribution in [2.45, 2.75) is 33.0 Å². The van der Waals surface area contributed by atoms with Gasteiger partial charge in [-0.05, 0) is 31.0 Å². The van der Waals surface area contributed by atoms with Crippen LogP contribution in [-0.2, 0) is 9.59 Å². The number of rotatable bonds is 5. The van der Waals surface area contributed by atoms with Crippen molar-refractivity contribution < 1.29 is 27.5 Å². The van der Waals surface area contributed by atoms with Crippen molar-refractivity contribution in [3.8, 4) is 5.75 Å². The molecule has 2 N–H and O–H groups in total. The second-order valence-corrected chi connectivity index (χ2v) is 7.50. The molecule has 9 heteroatoms. The Morgan fingerprint density at radius 3 is 2.66 bits per heavy atom. The van der Waals surface area contributed by atoms with Crippen molar-refractivity contribution in [1.82, 2.24) is 10.2 Å². The summed E-state index contributed by atoms with van der Waals surface area (Å²) in [7, 11) is 0. The molecule has 0 spiro atoms. The van der Waals surface area contributed by atoms with Gasteiger partial charge in [0.1, 0.15) is 11.6 Å². The third-order valence-corrected chi connectivity index (χ3v) is 5.43. The molecule has 1 heterocycles. The lowest BCUT2D eigenvalue weighted by Crippen LogP contribution is -2.49. The van der Waals surface area contributed by atoms with E-state index >= 15 is 0 Å². The van der Waals surface area contributed by atoms with Gasteiger partial charge in [-0.15, -0.1) is 0 Å². The summed E-state index contributed by atoms with van der Waals surface area (Å²) >= 11 is 0. The number of hydrogen-bond donors (Lipinski definition) is 2.